The van der Waals surface area contributed by atoms with E-state index in [9.17, 15) is 19.4 Å². The lowest BCUT2D eigenvalue weighted by Crippen LogP contribution is -2.45. The summed E-state index contributed by atoms with van der Waals surface area (Å²) in [4.78, 5) is 25.1. The van der Waals surface area contributed by atoms with Gasteiger partial charge in [-0.25, -0.2) is 0 Å². The summed E-state index contributed by atoms with van der Waals surface area (Å²) in [6.45, 7) is 4.55. The molecule has 3 unspecified atom stereocenters. The molecule has 0 aromatic rings. The molecule has 0 aliphatic rings. The standard InChI is InChI=1S/C40H79N2O6P/c1-6-8-10-12-14-15-16-17-18-19-20-21-22-23-24-25-26-27-28-30-32-34-40(44)41-38(39(43)33-31-29-13-11-9-7-2)37-48-49(45,46)47-36-35-42(3,4)5/h19-20,31,33,38-39,43H,6-18,21-30,32,34-37H2,1-5H3,(H-,41,44,45,46)/b20-19-,33-31+. The Kier molecular flexibility index (Phi) is 32.2. The van der Waals surface area contributed by atoms with Crippen LogP contribution < -0.4 is 10.2 Å². The molecule has 0 saturated heterocycles. The number of aliphatic hydroxyl groups excluding tert-OH is 1. The van der Waals surface area contributed by atoms with Gasteiger partial charge in [0.1, 0.15) is 13.2 Å². The van der Waals surface area contributed by atoms with Crippen LogP contribution in [0.5, 0.6) is 0 Å². The zero-order valence-electron chi connectivity index (χ0n) is 32.6. The number of phosphoric ester groups is 1. The van der Waals surface area contributed by atoms with E-state index in [0.717, 1.165) is 44.9 Å². The molecule has 0 aliphatic heterocycles. The molecule has 0 radical (unpaired) electrons. The highest BCUT2D eigenvalue weighted by Gasteiger charge is 2.23. The number of rotatable bonds is 36. The second-order valence-corrected chi connectivity index (χ2v) is 16.4. The minimum Gasteiger partial charge on any atom is -0.756 e. The number of likely N-dealkylation sites (N-methyl/N-ethyl adjacent to an activating group) is 1. The number of carbonyl (C=O) groups is 1. The van der Waals surface area contributed by atoms with Crippen LogP contribution in [0.15, 0.2) is 24.3 Å². The molecule has 0 heterocycles. The number of aliphatic hydroxyl groups is 1. The summed E-state index contributed by atoms with van der Waals surface area (Å²) >= 11 is 0. The number of hydrogen-bond donors (Lipinski definition) is 2. The lowest BCUT2D eigenvalue weighted by atomic mass is 10.0. The van der Waals surface area contributed by atoms with Crippen molar-refractivity contribution in [2.45, 2.75) is 187 Å². The van der Waals surface area contributed by atoms with Gasteiger partial charge in [-0.2, -0.15) is 0 Å². The molecule has 9 heteroatoms. The van der Waals surface area contributed by atoms with E-state index >= 15 is 0 Å². The van der Waals surface area contributed by atoms with Gasteiger partial charge in [-0.3, -0.25) is 9.36 Å². The first-order valence-corrected chi connectivity index (χ1v) is 21.7. The maximum absolute atomic E-state index is 12.7. The van der Waals surface area contributed by atoms with Crippen LogP contribution in [-0.2, 0) is 18.4 Å². The molecule has 0 saturated carbocycles. The fourth-order valence-electron chi connectivity index (χ4n) is 5.62. The summed E-state index contributed by atoms with van der Waals surface area (Å²) in [5.74, 6) is -0.206. The highest BCUT2D eigenvalue weighted by Crippen LogP contribution is 2.38. The fraction of sp³-hybridized carbons (Fsp3) is 0.875. The van der Waals surface area contributed by atoms with Gasteiger partial charge >= 0.3 is 0 Å². The van der Waals surface area contributed by atoms with Crippen molar-refractivity contribution < 1.29 is 32.9 Å². The summed E-state index contributed by atoms with van der Waals surface area (Å²) in [6.07, 6.45) is 36.8. The summed E-state index contributed by atoms with van der Waals surface area (Å²) in [5, 5.41) is 13.6. The van der Waals surface area contributed by atoms with Crippen LogP contribution >= 0.6 is 7.82 Å². The van der Waals surface area contributed by atoms with Crippen molar-refractivity contribution in [3.05, 3.63) is 24.3 Å². The van der Waals surface area contributed by atoms with Gasteiger partial charge in [0.15, 0.2) is 0 Å². The zero-order chi connectivity index (χ0) is 36.5. The predicted octanol–water partition coefficient (Wildman–Crippen LogP) is 9.94. The highest BCUT2D eigenvalue weighted by molar-refractivity contribution is 7.45. The average molecular weight is 715 g/mol. The Bertz CT molecular complexity index is 860. The smallest absolute Gasteiger partial charge is 0.268 e. The highest BCUT2D eigenvalue weighted by atomic mass is 31.2. The number of hydrogen-bond acceptors (Lipinski definition) is 6. The van der Waals surface area contributed by atoms with Gasteiger partial charge in [-0.1, -0.05) is 147 Å². The van der Waals surface area contributed by atoms with Gasteiger partial charge in [0.05, 0.1) is 39.9 Å². The third kappa shape index (κ3) is 35.2. The molecule has 3 atom stereocenters. The predicted molar refractivity (Wildman–Crippen MR) is 205 cm³/mol. The first kappa shape index (κ1) is 48.0. The van der Waals surface area contributed by atoms with E-state index in [2.05, 4.69) is 31.3 Å². The average Bonchev–Trinajstić information content (AvgIpc) is 3.04. The number of unbranched alkanes of at least 4 members (excludes halogenated alkanes) is 21. The Hall–Kier alpha value is -1.02. The molecule has 2 N–H and O–H groups in total. The molecular weight excluding hydrogens is 635 g/mol. The van der Waals surface area contributed by atoms with Crippen molar-refractivity contribution in [2.75, 3.05) is 40.9 Å². The van der Waals surface area contributed by atoms with Gasteiger partial charge in [-0.05, 0) is 44.9 Å². The van der Waals surface area contributed by atoms with E-state index in [1.165, 1.54) is 109 Å². The number of nitrogens with zero attached hydrogens (tertiary/aromatic N) is 1. The van der Waals surface area contributed by atoms with Gasteiger partial charge in [0.25, 0.3) is 7.82 Å². The van der Waals surface area contributed by atoms with Crippen molar-refractivity contribution in [2.24, 2.45) is 0 Å². The van der Waals surface area contributed by atoms with Crippen molar-refractivity contribution in [3.63, 3.8) is 0 Å². The first-order chi connectivity index (χ1) is 23.5. The molecule has 8 nitrogen and oxygen atoms in total. The number of quaternary nitrogens is 1. The van der Waals surface area contributed by atoms with E-state index in [1.807, 2.05) is 27.2 Å². The largest absolute Gasteiger partial charge is 0.756 e. The van der Waals surface area contributed by atoms with Gasteiger partial charge in [0.2, 0.25) is 5.91 Å². The number of phosphoric acid groups is 1. The van der Waals surface area contributed by atoms with E-state index in [4.69, 9.17) is 9.05 Å². The molecule has 0 aromatic heterocycles. The topological polar surface area (TPSA) is 108 Å². The SMILES string of the molecule is CCCCCC/C=C/C(O)C(COP(=O)([O-])OCC[N+](C)(C)C)NC(=O)CCCCCCCCCCC/C=C\CCCCCCCCCC. The second kappa shape index (κ2) is 32.9. The van der Waals surface area contributed by atoms with E-state index in [0.29, 0.717) is 17.4 Å². The van der Waals surface area contributed by atoms with Crippen molar-refractivity contribution >= 4 is 13.7 Å². The van der Waals surface area contributed by atoms with Crippen LogP contribution in [0.25, 0.3) is 0 Å². The van der Waals surface area contributed by atoms with Crippen molar-refractivity contribution in [1.29, 1.82) is 0 Å². The summed E-state index contributed by atoms with van der Waals surface area (Å²) in [7, 11) is 1.25. The van der Waals surface area contributed by atoms with Gasteiger partial charge < -0.3 is 28.8 Å². The third-order valence-corrected chi connectivity index (χ3v) is 9.87. The molecular formula is C40H79N2O6P. The van der Waals surface area contributed by atoms with E-state index in [1.54, 1.807) is 6.08 Å². The third-order valence-electron chi connectivity index (χ3n) is 8.91. The zero-order valence-corrected chi connectivity index (χ0v) is 33.5. The minimum absolute atomic E-state index is 0.00140. The molecule has 0 fully saturated rings. The quantitative estimate of drug-likeness (QED) is 0.0290. The van der Waals surface area contributed by atoms with Crippen LogP contribution in [0.1, 0.15) is 174 Å². The Morgan fingerprint density at radius 1 is 0.694 bits per heavy atom. The van der Waals surface area contributed by atoms with E-state index < -0.39 is 20.0 Å². The van der Waals surface area contributed by atoms with Crippen LogP contribution in [-0.4, -0.2) is 68.5 Å². The molecule has 0 bridgehead atoms. The number of nitrogens with one attached hydrogen (secondary N) is 1. The Balaban J connectivity index is 4.17. The Morgan fingerprint density at radius 3 is 1.61 bits per heavy atom. The molecule has 290 valence electrons. The number of amides is 1. The van der Waals surface area contributed by atoms with Gasteiger partial charge in [0, 0.05) is 6.42 Å². The van der Waals surface area contributed by atoms with Crippen molar-refractivity contribution in [1.82, 2.24) is 5.32 Å². The minimum atomic E-state index is -4.57. The summed E-state index contributed by atoms with van der Waals surface area (Å²) in [5.41, 5.74) is 0. The van der Waals surface area contributed by atoms with E-state index in [-0.39, 0.29) is 19.1 Å². The number of carbonyl (C=O) groups excluding carboxylic acids is 1. The number of allylic oxidation sites excluding steroid dienone is 3. The Morgan fingerprint density at radius 2 is 1.12 bits per heavy atom. The monoisotopic (exact) mass is 715 g/mol. The molecule has 0 rings (SSSR count). The molecule has 0 aliphatic carbocycles. The molecule has 49 heavy (non-hydrogen) atoms. The maximum atomic E-state index is 12.7. The fourth-order valence-corrected chi connectivity index (χ4v) is 6.34. The molecule has 1 amide bonds. The lowest BCUT2D eigenvalue weighted by molar-refractivity contribution is -0.870. The summed E-state index contributed by atoms with van der Waals surface area (Å²) < 4.78 is 23.0. The van der Waals surface area contributed by atoms with Crippen LogP contribution in [0.2, 0.25) is 0 Å². The lowest BCUT2D eigenvalue weighted by Gasteiger charge is -2.29. The summed E-state index contributed by atoms with van der Waals surface area (Å²) in [6, 6.07) is -0.881. The molecule has 0 aromatic carbocycles. The van der Waals surface area contributed by atoms with Crippen LogP contribution in [0, 0.1) is 0 Å². The normalized spacial score (nSPS) is 14.8. The Labute approximate surface area is 303 Å². The second-order valence-electron chi connectivity index (χ2n) is 15.0. The van der Waals surface area contributed by atoms with Crippen LogP contribution in [0.4, 0.5) is 0 Å². The van der Waals surface area contributed by atoms with Gasteiger partial charge in [-0.15, -0.1) is 0 Å². The first-order valence-electron chi connectivity index (χ1n) is 20.2. The molecule has 0 spiro atoms. The maximum Gasteiger partial charge on any atom is 0.268 e. The van der Waals surface area contributed by atoms with Crippen LogP contribution in [0.3, 0.4) is 0 Å². The van der Waals surface area contributed by atoms with Crippen molar-refractivity contribution in [3.8, 4) is 0 Å².